The lowest BCUT2D eigenvalue weighted by molar-refractivity contribution is -0.162. The number of amides is 1. The second-order valence-corrected chi connectivity index (χ2v) is 7.23. The Labute approximate surface area is 173 Å². The number of rotatable bonds is 6. The molecule has 7 heteroatoms. The first-order chi connectivity index (χ1) is 13.8. The summed E-state index contributed by atoms with van der Waals surface area (Å²) in [7, 11) is 3.39. The Hall–Kier alpha value is -2.38. The van der Waals surface area contributed by atoms with Crippen molar-refractivity contribution in [3.8, 4) is 0 Å². The van der Waals surface area contributed by atoms with Crippen LogP contribution in [0.15, 0.2) is 46.8 Å². The third-order valence-electron chi connectivity index (χ3n) is 5.84. The fourth-order valence-corrected chi connectivity index (χ4v) is 3.99. The van der Waals surface area contributed by atoms with Gasteiger partial charge in [0.1, 0.15) is 5.54 Å². The zero-order chi connectivity index (χ0) is 21.8. The van der Waals surface area contributed by atoms with Gasteiger partial charge in [-0.3, -0.25) is 4.79 Å². The van der Waals surface area contributed by atoms with Crippen LogP contribution in [0, 0.1) is 0 Å². The molecule has 29 heavy (non-hydrogen) atoms. The van der Waals surface area contributed by atoms with E-state index in [-0.39, 0.29) is 12.5 Å². The van der Waals surface area contributed by atoms with Crippen molar-refractivity contribution in [2.24, 2.45) is 0 Å². The average molecular weight is 405 g/mol. The van der Waals surface area contributed by atoms with Gasteiger partial charge in [0.25, 0.3) is 5.91 Å². The number of hydrogen-bond acceptors (Lipinski definition) is 6. The molecule has 160 valence electrons. The van der Waals surface area contributed by atoms with Crippen LogP contribution in [0.4, 0.5) is 4.79 Å². The Balaban J connectivity index is 2.71. The molecule has 1 spiro atoms. The number of carbonyl (C=O) groups excluding carboxylic acids is 2. The first-order valence-corrected chi connectivity index (χ1v) is 9.90. The lowest BCUT2D eigenvalue weighted by Gasteiger charge is -2.43. The molecule has 0 aromatic rings. The molecule has 2 rings (SSSR count). The van der Waals surface area contributed by atoms with Crippen molar-refractivity contribution < 1.29 is 23.9 Å². The topological polar surface area (TPSA) is 68.3 Å². The lowest BCUT2D eigenvalue weighted by atomic mass is 9.84. The third-order valence-corrected chi connectivity index (χ3v) is 5.84. The number of carbonyl (C=O) groups is 2. The Morgan fingerprint density at radius 2 is 1.90 bits per heavy atom. The molecule has 1 fully saturated rings. The molecule has 0 N–H and O–H groups in total. The molecule has 1 saturated heterocycles. The van der Waals surface area contributed by atoms with Gasteiger partial charge in [-0.1, -0.05) is 18.7 Å². The van der Waals surface area contributed by atoms with E-state index in [1.807, 2.05) is 31.9 Å². The van der Waals surface area contributed by atoms with Crippen LogP contribution in [-0.4, -0.2) is 61.4 Å². The normalized spacial score (nSPS) is 20.8. The fraction of sp³-hybridized carbons (Fsp3) is 0.545. The van der Waals surface area contributed by atoms with Crippen molar-refractivity contribution in [1.82, 2.24) is 9.96 Å². The van der Waals surface area contributed by atoms with E-state index in [9.17, 15) is 9.59 Å². The molecule has 2 aliphatic heterocycles. The van der Waals surface area contributed by atoms with Crippen molar-refractivity contribution in [2.45, 2.75) is 46.1 Å². The van der Waals surface area contributed by atoms with Gasteiger partial charge in [-0.05, 0) is 57.3 Å². The zero-order valence-electron chi connectivity index (χ0n) is 18.3. The van der Waals surface area contributed by atoms with E-state index in [2.05, 4.69) is 6.58 Å². The fourth-order valence-electron chi connectivity index (χ4n) is 3.99. The number of nitrogens with zero attached hydrogens (tertiary/aromatic N) is 2. The summed E-state index contributed by atoms with van der Waals surface area (Å²) in [6.07, 6.45) is 4.00. The molecule has 0 unspecified atom stereocenters. The second kappa shape index (κ2) is 9.41. The number of piperidine rings is 1. The van der Waals surface area contributed by atoms with Gasteiger partial charge in [0.15, 0.2) is 5.76 Å². The Kier molecular flexibility index (Phi) is 7.43. The molecular formula is C22H32N2O5. The molecule has 2 heterocycles. The average Bonchev–Trinajstić information content (AvgIpc) is 2.91. The van der Waals surface area contributed by atoms with E-state index in [0.717, 1.165) is 16.7 Å². The summed E-state index contributed by atoms with van der Waals surface area (Å²) in [6.45, 7) is 12.7. The predicted molar refractivity (Wildman–Crippen MR) is 111 cm³/mol. The van der Waals surface area contributed by atoms with Gasteiger partial charge in [0.2, 0.25) is 0 Å². The summed E-state index contributed by atoms with van der Waals surface area (Å²) in [4.78, 5) is 32.8. The smallest absolute Gasteiger partial charge is 0.434 e. The Bertz CT molecular complexity index is 770. The van der Waals surface area contributed by atoms with E-state index in [4.69, 9.17) is 14.3 Å². The molecule has 0 bridgehead atoms. The van der Waals surface area contributed by atoms with Gasteiger partial charge in [0.05, 0.1) is 19.3 Å². The molecule has 0 aromatic heterocycles. The number of ether oxygens (including phenoxy) is 2. The summed E-state index contributed by atoms with van der Waals surface area (Å²) in [5.41, 5.74) is 2.17. The van der Waals surface area contributed by atoms with E-state index in [0.29, 0.717) is 37.3 Å². The SMILES string of the molecule is C=C/C(C)=C(C1=C(OC(=O)OCC)C2(CCN(OC)CC2)N(C)C1=O)\C(C)=C/C. The molecule has 0 saturated carbocycles. The van der Waals surface area contributed by atoms with Crippen LogP contribution in [0.25, 0.3) is 0 Å². The maximum absolute atomic E-state index is 13.5. The maximum Gasteiger partial charge on any atom is 0.513 e. The minimum atomic E-state index is -0.801. The van der Waals surface area contributed by atoms with Crippen LogP contribution in [0.1, 0.15) is 40.5 Å². The van der Waals surface area contributed by atoms with Gasteiger partial charge >= 0.3 is 6.16 Å². The molecule has 1 amide bonds. The van der Waals surface area contributed by atoms with Crippen LogP contribution in [0.5, 0.6) is 0 Å². The maximum atomic E-state index is 13.5. The Morgan fingerprint density at radius 1 is 1.28 bits per heavy atom. The van der Waals surface area contributed by atoms with E-state index < -0.39 is 11.7 Å². The highest BCUT2D eigenvalue weighted by Gasteiger charge is 2.54. The van der Waals surface area contributed by atoms with Crippen LogP contribution in [0.3, 0.4) is 0 Å². The predicted octanol–water partition coefficient (Wildman–Crippen LogP) is 3.75. The first kappa shape index (κ1) is 22.9. The number of likely N-dealkylation sites (N-methyl/N-ethyl adjacent to an activating group) is 1. The molecule has 0 aliphatic carbocycles. The van der Waals surface area contributed by atoms with Gasteiger partial charge < -0.3 is 19.2 Å². The van der Waals surface area contributed by atoms with Gasteiger partial charge in [-0.15, -0.1) is 0 Å². The summed E-state index contributed by atoms with van der Waals surface area (Å²) < 4.78 is 10.8. The summed E-state index contributed by atoms with van der Waals surface area (Å²) >= 11 is 0. The molecule has 0 atom stereocenters. The lowest BCUT2D eigenvalue weighted by Crippen LogP contribution is -2.53. The van der Waals surface area contributed by atoms with Crippen molar-refractivity contribution in [3.63, 3.8) is 0 Å². The molecule has 0 radical (unpaired) electrons. The Morgan fingerprint density at radius 3 is 2.38 bits per heavy atom. The molecular weight excluding hydrogens is 372 g/mol. The van der Waals surface area contributed by atoms with Crippen molar-refractivity contribution in [2.75, 3.05) is 33.9 Å². The molecule has 7 nitrogen and oxygen atoms in total. The van der Waals surface area contributed by atoms with Crippen molar-refractivity contribution in [1.29, 1.82) is 0 Å². The van der Waals surface area contributed by atoms with Crippen molar-refractivity contribution in [3.05, 3.63) is 46.8 Å². The van der Waals surface area contributed by atoms with Crippen LogP contribution >= 0.6 is 0 Å². The van der Waals surface area contributed by atoms with E-state index in [1.54, 1.807) is 32.1 Å². The van der Waals surface area contributed by atoms with E-state index in [1.165, 1.54) is 0 Å². The quantitative estimate of drug-likeness (QED) is 0.496. The monoisotopic (exact) mass is 404 g/mol. The molecule has 2 aliphatic rings. The van der Waals surface area contributed by atoms with Crippen LogP contribution < -0.4 is 0 Å². The summed E-state index contributed by atoms with van der Waals surface area (Å²) in [5, 5.41) is 1.84. The van der Waals surface area contributed by atoms with Gasteiger partial charge in [-0.2, -0.15) is 5.06 Å². The van der Waals surface area contributed by atoms with Crippen LogP contribution in [-0.2, 0) is 19.1 Å². The highest BCUT2D eigenvalue weighted by molar-refractivity contribution is 6.04. The first-order valence-electron chi connectivity index (χ1n) is 9.90. The summed E-state index contributed by atoms with van der Waals surface area (Å²) in [5.74, 6) is 0.184. The zero-order valence-corrected chi connectivity index (χ0v) is 18.3. The number of hydrogen-bond donors (Lipinski definition) is 0. The minimum Gasteiger partial charge on any atom is -0.434 e. The van der Waals surface area contributed by atoms with E-state index >= 15 is 0 Å². The standard InChI is InChI=1S/C22H32N2O5/c1-8-15(4)17(16(5)9-2)18-19(29-21(26)28-10-3)22(23(6)20(18)25)11-13-24(27-7)14-12-22/h8-9H,1,10-14H2,2-7H3/b16-9-,17-15+. The number of allylic oxidation sites excluding steroid dienone is 4. The molecule has 0 aromatic carbocycles. The van der Waals surface area contributed by atoms with Gasteiger partial charge in [0, 0.05) is 20.1 Å². The highest BCUT2D eigenvalue weighted by atomic mass is 16.7. The minimum absolute atomic E-state index is 0.174. The second-order valence-electron chi connectivity index (χ2n) is 7.23. The largest absolute Gasteiger partial charge is 0.513 e. The van der Waals surface area contributed by atoms with Gasteiger partial charge in [-0.25, -0.2) is 4.79 Å². The van der Waals surface area contributed by atoms with Crippen LogP contribution in [0.2, 0.25) is 0 Å². The third kappa shape index (κ3) is 4.16. The summed E-state index contributed by atoms with van der Waals surface area (Å²) in [6, 6.07) is 0. The number of hydroxylamine groups is 2. The van der Waals surface area contributed by atoms with Crippen molar-refractivity contribution >= 4 is 12.1 Å². The highest BCUT2D eigenvalue weighted by Crippen LogP contribution is 2.46.